The van der Waals surface area contributed by atoms with E-state index in [4.69, 9.17) is 4.42 Å². The molecule has 0 saturated heterocycles. The lowest BCUT2D eigenvalue weighted by Crippen LogP contribution is -2.02. The van der Waals surface area contributed by atoms with E-state index in [2.05, 4.69) is 47.1 Å². The van der Waals surface area contributed by atoms with Crippen LogP contribution < -0.4 is 5.32 Å². The van der Waals surface area contributed by atoms with E-state index in [0.29, 0.717) is 11.6 Å². The predicted octanol–water partition coefficient (Wildman–Crippen LogP) is 3.87. The van der Waals surface area contributed by atoms with E-state index in [-0.39, 0.29) is 0 Å². The molecule has 0 saturated carbocycles. The summed E-state index contributed by atoms with van der Waals surface area (Å²) in [6, 6.07) is 1.82. The van der Waals surface area contributed by atoms with Crippen molar-refractivity contribution in [1.29, 1.82) is 0 Å². The van der Waals surface area contributed by atoms with Crippen molar-refractivity contribution in [3.8, 4) is 11.6 Å². The highest BCUT2D eigenvalue weighted by Gasteiger charge is 2.15. The molecule has 0 aromatic carbocycles. The molecule has 90 valence electrons. The second kappa shape index (κ2) is 5.18. The maximum atomic E-state index is 5.37. The molecule has 0 unspecified atom stereocenters. The Morgan fingerprint density at radius 1 is 1.35 bits per heavy atom. The number of rotatable bonds is 3. The molecule has 0 amide bonds. The monoisotopic (exact) mass is 359 g/mol. The van der Waals surface area contributed by atoms with Crippen molar-refractivity contribution < 1.29 is 4.42 Å². The van der Waals surface area contributed by atoms with Gasteiger partial charge in [-0.1, -0.05) is 6.92 Å². The van der Waals surface area contributed by atoms with E-state index in [0.717, 1.165) is 26.9 Å². The highest BCUT2D eigenvalue weighted by atomic mass is 79.9. The Bertz CT molecular complexity index is 514. The zero-order chi connectivity index (χ0) is 12.4. The first-order valence-electron chi connectivity index (χ1n) is 5.14. The summed E-state index contributed by atoms with van der Waals surface area (Å²) in [5.74, 6) is 1.98. The standard InChI is InChI=1S/C11H11Br2N3O/c1-3-7-8(13)10(14-2)16-11(15-7)9-6(12)4-5-17-9/h4-5H,3H2,1-2H3,(H,14,15,16). The third kappa shape index (κ3) is 2.37. The van der Waals surface area contributed by atoms with Gasteiger partial charge in [0.2, 0.25) is 0 Å². The third-order valence-corrected chi connectivity index (χ3v) is 3.77. The molecule has 0 spiro atoms. The Labute approximate surface area is 116 Å². The Balaban J connectivity index is 2.60. The number of furan rings is 1. The average molecular weight is 361 g/mol. The van der Waals surface area contributed by atoms with Crippen LogP contribution in [-0.4, -0.2) is 17.0 Å². The Hall–Kier alpha value is -0.880. The molecule has 2 heterocycles. The lowest BCUT2D eigenvalue weighted by molar-refractivity contribution is 0.575. The minimum Gasteiger partial charge on any atom is -0.460 e. The quantitative estimate of drug-likeness (QED) is 0.902. The molecule has 0 atom stereocenters. The lowest BCUT2D eigenvalue weighted by atomic mass is 10.3. The van der Waals surface area contributed by atoms with Crippen molar-refractivity contribution in [3.05, 3.63) is 27.0 Å². The normalized spacial score (nSPS) is 10.6. The zero-order valence-corrected chi connectivity index (χ0v) is 12.6. The summed E-state index contributed by atoms with van der Waals surface area (Å²) >= 11 is 6.90. The van der Waals surface area contributed by atoms with Crippen molar-refractivity contribution in [2.45, 2.75) is 13.3 Å². The molecule has 1 N–H and O–H groups in total. The molecule has 2 aromatic rings. The maximum Gasteiger partial charge on any atom is 0.199 e. The van der Waals surface area contributed by atoms with E-state index in [1.54, 1.807) is 6.26 Å². The van der Waals surface area contributed by atoms with Gasteiger partial charge >= 0.3 is 0 Å². The summed E-state index contributed by atoms with van der Waals surface area (Å²) in [5, 5.41) is 3.04. The molecule has 4 nitrogen and oxygen atoms in total. The van der Waals surface area contributed by atoms with Gasteiger partial charge in [-0.25, -0.2) is 9.97 Å². The minimum absolute atomic E-state index is 0.575. The summed E-state index contributed by atoms with van der Waals surface area (Å²) in [6.45, 7) is 2.05. The highest BCUT2D eigenvalue weighted by Crippen LogP contribution is 2.31. The van der Waals surface area contributed by atoms with Crippen LogP contribution >= 0.6 is 31.9 Å². The molecule has 0 radical (unpaired) electrons. The van der Waals surface area contributed by atoms with Crippen LogP contribution in [0.4, 0.5) is 5.82 Å². The van der Waals surface area contributed by atoms with Crippen LogP contribution in [0.25, 0.3) is 11.6 Å². The van der Waals surface area contributed by atoms with Crippen molar-refractivity contribution in [1.82, 2.24) is 9.97 Å². The van der Waals surface area contributed by atoms with Crippen LogP contribution in [-0.2, 0) is 6.42 Å². The number of aryl methyl sites for hydroxylation is 1. The number of nitrogens with zero attached hydrogens (tertiary/aromatic N) is 2. The van der Waals surface area contributed by atoms with Gasteiger partial charge in [-0.3, -0.25) is 0 Å². The van der Waals surface area contributed by atoms with Crippen LogP contribution in [0.5, 0.6) is 0 Å². The summed E-state index contributed by atoms with van der Waals surface area (Å²) in [5.41, 5.74) is 0.947. The first kappa shape index (κ1) is 12.6. The van der Waals surface area contributed by atoms with Gasteiger partial charge in [0.1, 0.15) is 5.82 Å². The van der Waals surface area contributed by atoms with E-state index < -0.39 is 0 Å². The summed E-state index contributed by atoms with van der Waals surface area (Å²) < 4.78 is 7.12. The molecular weight excluding hydrogens is 350 g/mol. The molecule has 0 aliphatic rings. The van der Waals surface area contributed by atoms with Crippen LogP contribution in [0.15, 0.2) is 25.7 Å². The van der Waals surface area contributed by atoms with Gasteiger partial charge in [0.25, 0.3) is 0 Å². The van der Waals surface area contributed by atoms with E-state index >= 15 is 0 Å². The number of hydrogen-bond acceptors (Lipinski definition) is 4. The fraction of sp³-hybridized carbons (Fsp3) is 0.273. The van der Waals surface area contributed by atoms with Gasteiger partial charge < -0.3 is 9.73 Å². The fourth-order valence-corrected chi connectivity index (χ4v) is 2.48. The van der Waals surface area contributed by atoms with Gasteiger partial charge in [0.05, 0.1) is 20.9 Å². The first-order chi connectivity index (χ1) is 8.17. The van der Waals surface area contributed by atoms with Gasteiger partial charge in [-0.2, -0.15) is 0 Å². The number of nitrogens with one attached hydrogen (secondary N) is 1. The molecule has 0 fully saturated rings. The fourth-order valence-electron chi connectivity index (χ4n) is 1.45. The van der Waals surface area contributed by atoms with E-state index in [9.17, 15) is 0 Å². The second-order valence-corrected chi connectivity index (χ2v) is 5.01. The zero-order valence-electron chi connectivity index (χ0n) is 9.42. The summed E-state index contributed by atoms with van der Waals surface area (Å²) in [7, 11) is 1.83. The minimum atomic E-state index is 0.575. The van der Waals surface area contributed by atoms with Gasteiger partial charge in [0, 0.05) is 7.05 Å². The third-order valence-electron chi connectivity index (χ3n) is 2.31. The number of aromatic nitrogens is 2. The van der Waals surface area contributed by atoms with Crippen molar-refractivity contribution in [3.63, 3.8) is 0 Å². The summed E-state index contributed by atoms with van der Waals surface area (Å²) in [6.07, 6.45) is 2.43. The van der Waals surface area contributed by atoms with Crippen LogP contribution in [0.3, 0.4) is 0 Å². The molecule has 2 rings (SSSR count). The van der Waals surface area contributed by atoms with Crippen molar-refractivity contribution in [2.75, 3.05) is 12.4 Å². The SMILES string of the molecule is CCc1nc(-c2occc2Br)nc(NC)c1Br. The Morgan fingerprint density at radius 2 is 2.12 bits per heavy atom. The molecule has 0 aliphatic heterocycles. The van der Waals surface area contributed by atoms with Crippen molar-refractivity contribution in [2.24, 2.45) is 0 Å². The number of anilines is 1. The number of hydrogen-bond donors (Lipinski definition) is 1. The predicted molar refractivity (Wildman–Crippen MR) is 74.1 cm³/mol. The van der Waals surface area contributed by atoms with Crippen LogP contribution in [0.1, 0.15) is 12.6 Å². The second-order valence-electron chi connectivity index (χ2n) is 3.36. The summed E-state index contributed by atoms with van der Waals surface area (Å²) in [4.78, 5) is 8.89. The first-order valence-corrected chi connectivity index (χ1v) is 6.73. The van der Waals surface area contributed by atoms with Crippen LogP contribution in [0, 0.1) is 0 Å². The smallest absolute Gasteiger partial charge is 0.199 e. The molecular formula is C11H11Br2N3O. The highest BCUT2D eigenvalue weighted by molar-refractivity contribution is 9.11. The Kier molecular flexibility index (Phi) is 3.83. The van der Waals surface area contributed by atoms with Crippen molar-refractivity contribution >= 4 is 37.7 Å². The van der Waals surface area contributed by atoms with E-state index in [1.165, 1.54) is 0 Å². The van der Waals surface area contributed by atoms with Gasteiger partial charge in [0.15, 0.2) is 11.6 Å². The maximum absolute atomic E-state index is 5.37. The average Bonchev–Trinajstić information content (AvgIpc) is 2.76. The topological polar surface area (TPSA) is 51.0 Å². The molecule has 2 aromatic heterocycles. The largest absolute Gasteiger partial charge is 0.460 e. The lowest BCUT2D eigenvalue weighted by Gasteiger charge is -2.08. The Morgan fingerprint density at radius 3 is 2.65 bits per heavy atom. The molecule has 17 heavy (non-hydrogen) atoms. The van der Waals surface area contributed by atoms with E-state index in [1.807, 2.05) is 20.0 Å². The molecule has 6 heteroatoms. The van der Waals surface area contributed by atoms with Crippen LogP contribution in [0.2, 0.25) is 0 Å². The van der Waals surface area contributed by atoms with Gasteiger partial charge in [-0.05, 0) is 44.3 Å². The molecule has 0 aliphatic carbocycles. The van der Waals surface area contributed by atoms with Gasteiger partial charge in [-0.15, -0.1) is 0 Å². The number of halogens is 2. The molecule has 0 bridgehead atoms.